The summed E-state index contributed by atoms with van der Waals surface area (Å²) in [5, 5.41) is 11.8. The van der Waals surface area contributed by atoms with Crippen LogP contribution in [0.25, 0.3) is 11.1 Å². The topological polar surface area (TPSA) is 75.6 Å². The van der Waals surface area contributed by atoms with E-state index in [1.807, 2.05) is 0 Å². The second kappa shape index (κ2) is 7.59. The van der Waals surface area contributed by atoms with Gasteiger partial charge in [0.2, 0.25) is 5.91 Å². The molecule has 2 unspecified atom stereocenters. The molecule has 0 saturated heterocycles. The average Bonchev–Trinajstić information content (AvgIpc) is 3.12. The van der Waals surface area contributed by atoms with E-state index in [0.717, 1.165) is 6.07 Å². The van der Waals surface area contributed by atoms with Crippen LogP contribution in [0, 0.1) is 11.6 Å². The lowest BCUT2D eigenvalue weighted by molar-refractivity contribution is -0.123. The third kappa shape index (κ3) is 3.39. The molecule has 1 heterocycles. The summed E-state index contributed by atoms with van der Waals surface area (Å²) in [7, 11) is 1.52. The van der Waals surface area contributed by atoms with E-state index in [0.29, 0.717) is 28.0 Å². The number of carbonyl (C=O) groups is 2. The van der Waals surface area contributed by atoms with Crippen molar-refractivity contribution >= 4 is 11.9 Å². The number of benzene rings is 3. The number of ether oxygens (including phenoxy) is 1. The molecule has 0 bridgehead atoms. The van der Waals surface area contributed by atoms with Crippen molar-refractivity contribution in [1.29, 1.82) is 0 Å². The van der Waals surface area contributed by atoms with Gasteiger partial charge in [0.25, 0.3) is 0 Å². The Hall–Kier alpha value is -3.74. The third-order valence-electron chi connectivity index (χ3n) is 5.16. The number of fused-ring (bicyclic) bond motifs is 1. The second-order valence-corrected chi connectivity index (χ2v) is 6.93. The Labute approximate surface area is 170 Å². The molecule has 5 nitrogen and oxygen atoms in total. The summed E-state index contributed by atoms with van der Waals surface area (Å²) >= 11 is 0. The molecule has 0 fully saturated rings. The van der Waals surface area contributed by atoms with Gasteiger partial charge in [-0.15, -0.1) is 0 Å². The van der Waals surface area contributed by atoms with Gasteiger partial charge in [-0.25, -0.2) is 13.6 Å². The van der Waals surface area contributed by atoms with Gasteiger partial charge in [-0.1, -0.05) is 24.3 Å². The Morgan fingerprint density at radius 2 is 1.63 bits per heavy atom. The highest BCUT2D eigenvalue weighted by atomic mass is 19.1. The first kappa shape index (κ1) is 19.6. The first-order valence-electron chi connectivity index (χ1n) is 9.20. The second-order valence-electron chi connectivity index (χ2n) is 6.93. The number of carbonyl (C=O) groups excluding carboxylic acids is 1. The molecule has 7 heteroatoms. The monoisotopic (exact) mass is 409 g/mol. The number of hydrogen-bond donors (Lipinski definition) is 2. The van der Waals surface area contributed by atoms with Crippen molar-refractivity contribution in [3.05, 3.63) is 89.0 Å². The maximum Gasteiger partial charge on any atom is 0.338 e. The van der Waals surface area contributed by atoms with Crippen LogP contribution in [0.3, 0.4) is 0 Å². The summed E-state index contributed by atoms with van der Waals surface area (Å²) in [5.74, 6) is -3.03. The Morgan fingerprint density at radius 1 is 0.967 bits per heavy atom. The first-order chi connectivity index (χ1) is 14.4. The van der Waals surface area contributed by atoms with Gasteiger partial charge in [0, 0.05) is 12.6 Å². The SMILES string of the molecule is CNC(=O)C1c2cc(-c3ccc(F)c(C(=O)O)c3)ccc2OC1c1ccc(F)cc1. The van der Waals surface area contributed by atoms with Gasteiger partial charge in [0.1, 0.15) is 29.4 Å². The predicted octanol–water partition coefficient (Wildman–Crippen LogP) is 4.29. The Morgan fingerprint density at radius 3 is 2.30 bits per heavy atom. The minimum atomic E-state index is -1.36. The fourth-order valence-corrected chi connectivity index (χ4v) is 3.66. The number of rotatable bonds is 4. The molecule has 3 aromatic carbocycles. The van der Waals surface area contributed by atoms with Crippen LogP contribution in [0.1, 0.15) is 33.5 Å². The largest absolute Gasteiger partial charge is 0.484 e. The molecule has 1 aliphatic heterocycles. The van der Waals surface area contributed by atoms with Crippen LogP contribution >= 0.6 is 0 Å². The van der Waals surface area contributed by atoms with E-state index < -0.39 is 35.2 Å². The van der Waals surface area contributed by atoms with E-state index in [2.05, 4.69) is 5.32 Å². The molecule has 4 rings (SSSR count). The Balaban J connectivity index is 1.78. The van der Waals surface area contributed by atoms with E-state index in [9.17, 15) is 23.5 Å². The minimum Gasteiger partial charge on any atom is -0.484 e. The standard InChI is InChI=1S/C23H17F2NO4/c1-26-22(27)20-17-11-14(13-4-8-18(25)16(10-13)23(28)29)5-9-19(17)30-21(20)12-2-6-15(24)7-3-12/h2-11,20-21H,1H3,(H,26,27)(H,28,29). The molecule has 2 N–H and O–H groups in total. The first-order valence-corrected chi connectivity index (χ1v) is 9.20. The zero-order valence-corrected chi connectivity index (χ0v) is 15.9. The van der Waals surface area contributed by atoms with Crippen molar-refractivity contribution in [2.24, 2.45) is 0 Å². The van der Waals surface area contributed by atoms with Gasteiger partial charge < -0.3 is 15.2 Å². The number of hydrogen-bond acceptors (Lipinski definition) is 3. The maximum absolute atomic E-state index is 13.8. The summed E-state index contributed by atoms with van der Waals surface area (Å²) in [6, 6.07) is 14.7. The van der Waals surface area contributed by atoms with Crippen LogP contribution in [0.4, 0.5) is 8.78 Å². The molecular formula is C23H17F2NO4. The minimum absolute atomic E-state index is 0.273. The lowest BCUT2D eigenvalue weighted by Gasteiger charge is -2.18. The molecule has 0 aromatic heterocycles. The summed E-state index contributed by atoms with van der Waals surface area (Å²) < 4.78 is 33.1. The van der Waals surface area contributed by atoms with Crippen LogP contribution in [-0.2, 0) is 4.79 Å². The lowest BCUT2D eigenvalue weighted by atomic mass is 9.88. The number of carboxylic acid groups (broad SMARTS) is 1. The molecule has 0 aliphatic carbocycles. The highest BCUT2D eigenvalue weighted by molar-refractivity contribution is 5.90. The van der Waals surface area contributed by atoms with E-state index in [-0.39, 0.29) is 5.91 Å². The van der Waals surface area contributed by atoms with Crippen molar-refractivity contribution in [3.8, 4) is 16.9 Å². The van der Waals surface area contributed by atoms with Gasteiger partial charge >= 0.3 is 5.97 Å². The number of carboxylic acids is 1. The molecule has 0 spiro atoms. The zero-order chi connectivity index (χ0) is 21.4. The lowest BCUT2D eigenvalue weighted by Crippen LogP contribution is -2.28. The van der Waals surface area contributed by atoms with E-state index in [4.69, 9.17) is 4.74 Å². The quantitative estimate of drug-likeness (QED) is 0.674. The molecule has 3 aromatic rings. The number of amides is 1. The molecule has 30 heavy (non-hydrogen) atoms. The van der Waals surface area contributed by atoms with Gasteiger partial charge in [0.05, 0.1) is 5.56 Å². The summed E-state index contributed by atoms with van der Waals surface area (Å²) in [4.78, 5) is 23.9. The number of halogens is 2. The number of aromatic carboxylic acids is 1. The summed E-state index contributed by atoms with van der Waals surface area (Å²) in [6.07, 6.45) is -0.640. The molecular weight excluding hydrogens is 392 g/mol. The highest BCUT2D eigenvalue weighted by Gasteiger charge is 2.40. The van der Waals surface area contributed by atoms with E-state index in [1.54, 1.807) is 30.3 Å². The maximum atomic E-state index is 13.8. The Bertz CT molecular complexity index is 1140. The number of likely N-dealkylation sites (N-methyl/N-ethyl adjacent to an activating group) is 1. The molecule has 2 atom stereocenters. The summed E-state index contributed by atoms with van der Waals surface area (Å²) in [5.41, 5.74) is 1.95. The molecule has 152 valence electrons. The van der Waals surface area contributed by atoms with Crippen molar-refractivity contribution in [2.75, 3.05) is 7.05 Å². The fourth-order valence-electron chi connectivity index (χ4n) is 3.66. The molecule has 0 saturated carbocycles. The third-order valence-corrected chi connectivity index (χ3v) is 5.16. The number of nitrogens with one attached hydrogen (secondary N) is 1. The van der Waals surface area contributed by atoms with Crippen LogP contribution < -0.4 is 10.1 Å². The van der Waals surface area contributed by atoms with E-state index >= 15 is 0 Å². The van der Waals surface area contributed by atoms with Gasteiger partial charge in [-0.3, -0.25) is 4.79 Å². The molecule has 1 aliphatic rings. The van der Waals surface area contributed by atoms with Crippen LogP contribution in [-0.4, -0.2) is 24.0 Å². The normalized spacial score (nSPS) is 17.2. The van der Waals surface area contributed by atoms with E-state index in [1.165, 1.54) is 31.3 Å². The van der Waals surface area contributed by atoms with Crippen molar-refractivity contribution in [2.45, 2.75) is 12.0 Å². The fraction of sp³-hybridized carbons (Fsp3) is 0.130. The highest BCUT2D eigenvalue weighted by Crippen LogP contribution is 2.47. The predicted molar refractivity (Wildman–Crippen MR) is 105 cm³/mol. The summed E-state index contributed by atoms with van der Waals surface area (Å²) in [6.45, 7) is 0. The Kier molecular flexibility index (Phi) is 4.95. The van der Waals surface area contributed by atoms with Gasteiger partial charge in [-0.2, -0.15) is 0 Å². The smallest absolute Gasteiger partial charge is 0.338 e. The molecule has 0 radical (unpaired) electrons. The zero-order valence-electron chi connectivity index (χ0n) is 15.9. The molecule has 1 amide bonds. The van der Waals surface area contributed by atoms with Crippen molar-refractivity contribution < 1.29 is 28.2 Å². The van der Waals surface area contributed by atoms with Crippen LogP contribution in [0.5, 0.6) is 5.75 Å². The average molecular weight is 409 g/mol. The van der Waals surface area contributed by atoms with Gasteiger partial charge in [-0.05, 0) is 53.1 Å². The van der Waals surface area contributed by atoms with Crippen molar-refractivity contribution in [1.82, 2.24) is 5.32 Å². The van der Waals surface area contributed by atoms with Gasteiger partial charge in [0.15, 0.2) is 0 Å². The van der Waals surface area contributed by atoms with Crippen LogP contribution in [0.15, 0.2) is 60.7 Å². The van der Waals surface area contributed by atoms with Crippen LogP contribution in [0.2, 0.25) is 0 Å². The van der Waals surface area contributed by atoms with Crippen molar-refractivity contribution in [3.63, 3.8) is 0 Å².